The molecular formula is C16H34N2. The largest absolute Gasteiger partial charge is 0.312 e. The van der Waals surface area contributed by atoms with E-state index in [-0.39, 0.29) is 5.54 Å². The monoisotopic (exact) mass is 254 g/mol. The Bertz CT molecular complexity index is 217. The van der Waals surface area contributed by atoms with Crippen LogP contribution in [0, 0.1) is 5.92 Å². The lowest BCUT2D eigenvalue weighted by atomic mass is 9.88. The van der Waals surface area contributed by atoms with Gasteiger partial charge in [0.15, 0.2) is 0 Å². The third-order valence-electron chi connectivity index (χ3n) is 4.63. The lowest BCUT2D eigenvalue weighted by molar-refractivity contribution is 0.0859. The van der Waals surface area contributed by atoms with Crippen LogP contribution in [0.25, 0.3) is 0 Å². The van der Waals surface area contributed by atoms with Gasteiger partial charge < -0.3 is 5.32 Å². The molecule has 2 heteroatoms. The molecule has 0 saturated heterocycles. The summed E-state index contributed by atoms with van der Waals surface area (Å²) in [5.41, 5.74) is 0.271. The van der Waals surface area contributed by atoms with Crippen molar-refractivity contribution in [2.75, 3.05) is 19.6 Å². The van der Waals surface area contributed by atoms with Gasteiger partial charge in [-0.15, -0.1) is 0 Å². The van der Waals surface area contributed by atoms with Crippen LogP contribution in [0.5, 0.6) is 0 Å². The first kappa shape index (κ1) is 16.0. The summed E-state index contributed by atoms with van der Waals surface area (Å²) in [5, 5.41) is 3.80. The Morgan fingerprint density at radius 2 is 1.78 bits per heavy atom. The predicted octanol–water partition coefficient (Wildman–Crippen LogP) is 3.67. The van der Waals surface area contributed by atoms with Crippen molar-refractivity contribution in [2.24, 2.45) is 5.92 Å². The normalized spacial score (nSPS) is 18.3. The van der Waals surface area contributed by atoms with Gasteiger partial charge in [0.25, 0.3) is 0 Å². The zero-order valence-electron chi connectivity index (χ0n) is 13.3. The molecule has 0 aromatic rings. The van der Waals surface area contributed by atoms with E-state index in [2.05, 4.69) is 44.8 Å². The zero-order valence-corrected chi connectivity index (χ0v) is 13.3. The molecule has 0 bridgehead atoms. The van der Waals surface area contributed by atoms with E-state index in [1.807, 2.05) is 0 Å². The van der Waals surface area contributed by atoms with E-state index in [1.165, 1.54) is 32.1 Å². The molecule has 0 aromatic heterocycles. The number of likely N-dealkylation sites (N-methyl/N-ethyl adjacent to an activating group) is 1. The summed E-state index contributed by atoms with van der Waals surface area (Å²) in [6.45, 7) is 15.1. The zero-order chi connectivity index (χ0) is 13.6. The van der Waals surface area contributed by atoms with Crippen LogP contribution in [-0.2, 0) is 0 Å². The first-order valence-electron chi connectivity index (χ1n) is 8.04. The number of nitrogens with zero attached hydrogens (tertiary/aromatic N) is 1. The second kappa shape index (κ2) is 7.49. The lowest BCUT2D eigenvalue weighted by Gasteiger charge is -2.44. The van der Waals surface area contributed by atoms with Crippen molar-refractivity contribution in [3.8, 4) is 0 Å². The molecule has 1 aliphatic rings. The van der Waals surface area contributed by atoms with Crippen LogP contribution in [0.4, 0.5) is 0 Å². The number of hydrogen-bond donors (Lipinski definition) is 1. The van der Waals surface area contributed by atoms with Crippen molar-refractivity contribution in [1.82, 2.24) is 10.2 Å². The molecule has 108 valence electrons. The topological polar surface area (TPSA) is 15.3 Å². The van der Waals surface area contributed by atoms with Gasteiger partial charge >= 0.3 is 0 Å². The molecule has 1 rings (SSSR count). The maximum absolute atomic E-state index is 3.80. The fraction of sp³-hybridized carbons (Fsp3) is 1.00. The Hall–Kier alpha value is -0.0800. The van der Waals surface area contributed by atoms with Gasteiger partial charge in [-0.2, -0.15) is 0 Å². The number of rotatable bonds is 10. The van der Waals surface area contributed by atoms with Crippen LogP contribution in [-0.4, -0.2) is 36.1 Å². The molecule has 1 atom stereocenters. The number of nitrogens with one attached hydrogen (secondary N) is 1. The second-order valence-corrected chi connectivity index (χ2v) is 6.35. The molecule has 0 aliphatic heterocycles. The van der Waals surface area contributed by atoms with Gasteiger partial charge in [0.1, 0.15) is 0 Å². The van der Waals surface area contributed by atoms with E-state index in [1.54, 1.807) is 0 Å². The molecule has 18 heavy (non-hydrogen) atoms. The minimum absolute atomic E-state index is 0.271. The third-order valence-corrected chi connectivity index (χ3v) is 4.63. The Kier molecular flexibility index (Phi) is 6.65. The summed E-state index contributed by atoms with van der Waals surface area (Å²) in [5.74, 6) is 1.04. The summed E-state index contributed by atoms with van der Waals surface area (Å²) in [6, 6.07) is 0.637. The minimum atomic E-state index is 0.271. The van der Waals surface area contributed by atoms with E-state index < -0.39 is 0 Å². The van der Waals surface area contributed by atoms with Crippen LogP contribution in [0.3, 0.4) is 0 Å². The highest BCUT2D eigenvalue weighted by molar-refractivity contribution is 4.94. The molecule has 0 spiro atoms. The molecule has 0 radical (unpaired) electrons. The Balaban J connectivity index is 2.57. The highest BCUT2D eigenvalue weighted by Crippen LogP contribution is 2.35. The molecule has 2 nitrogen and oxygen atoms in total. The maximum atomic E-state index is 3.80. The first-order chi connectivity index (χ1) is 8.56. The lowest BCUT2D eigenvalue weighted by Crippen LogP contribution is -2.57. The van der Waals surface area contributed by atoms with Crippen LogP contribution in [0.1, 0.15) is 66.7 Å². The predicted molar refractivity (Wildman–Crippen MR) is 81.0 cm³/mol. The standard InChI is InChI=1S/C16H34N2/c1-6-13-17-15(12-11-14-9-10-14)16(4,5)18(7-2)8-3/h14-15,17H,6-13H2,1-5H3. The van der Waals surface area contributed by atoms with E-state index in [9.17, 15) is 0 Å². The van der Waals surface area contributed by atoms with E-state index in [0.717, 1.165) is 25.6 Å². The van der Waals surface area contributed by atoms with E-state index >= 15 is 0 Å². The van der Waals surface area contributed by atoms with Crippen molar-refractivity contribution in [3.63, 3.8) is 0 Å². The molecule has 1 aliphatic carbocycles. The fourth-order valence-electron chi connectivity index (χ4n) is 3.09. The van der Waals surface area contributed by atoms with Crippen LogP contribution in [0.2, 0.25) is 0 Å². The molecule has 1 fully saturated rings. The molecule has 1 unspecified atom stereocenters. The average Bonchev–Trinajstić information content (AvgIpc) is 3.14. The average molecular weight is 254 g/mol. The van der Waals surface area contributed by atoms with E-state index in [4.69, 9.17) is 0 Å². The summed E-state index contributed by atoms with van der Waals surface area (Å²) in [6.07, 6.45) is 6.95. The van der Waals surface area contributed by atoms with Crippen molar-refractivity contribution in [2.45, 2.75) is 78.3 Å². The van der Waals surface area contributed by atoms with Gasteiger partial charge in [0, 0.05) is 11.6 Å². The van der Waals surface area contributed by atoms with Crippen molar-refractivity contribution < 1.29 is 0 Å². The molecule has 0 heterocycles. The van der Waals surface area contributed by atoms with Crippen molar-refractivity contribution >= 4 is 0 Å². The summed E-state index contributed by atoms with van der Waals surface area (Å²) < 4.78 is 0. The molecule has 0 amide bonds. The van der Waals surface area contributed by atoms with Gasteiger partial charge in [-0.25, -0.2) is 0 Å². The van der Waals surface area contributed by atoms with Gasteiger partial charge in [-0.1, -0.05) is 33.6 Å². The SMILES string of the molecule is CCCNC(CCC1CC1)C(C)(C)N(CC)CC. The van der Waals surface area contributed by atoms with Crippen LogP contribution in [0.15, 0.2) is 0 Å². The van der Waals surface area contributed by atoms with E-state index in [0.29, 0.717) is 6.04 Å². The molecule has 1 N–H and O–H groups in total. The maximum Gasteiger partial charge on any atom is 0.0306 e. The smallest absolute Gasteiger partial charge is 0.0306 e. The summed E-state index contributed by atoms with van der Waals surface area (Å²) >= 11 is 0. The quantitative estimate of drug-likeness (QED) is 0.640. The Labute approximate surface area is 115 Å². The minimum Gasteiger partial charge on any atom is -0.312 e. The number of hydrogen-bond acceptors (Lipinski definition) is 2. The molecule has 1 saturated carbocycles. The third kappa shape index (κ3) is 4.55. The summed E-state index contributed by atoms with van der Waals surface area (Å²) in [4.78, 5) is 2.60. The fourth-order valence-corrected chi connectivity index (χ4v) is 3.09. The Morgan fingerprint density at radius 3 is 2.22 bits per heavy atom. The second-order valence-electron chi connectivity index (χ2n) is 6.35. The van der Waals surface area contributed by atoms with Crippen LogP contribution >= 0.6 is 0 Å². The Morgan fingerprint density at radius 1 is 1.17 bits per heavy atom. The van der Waals surface area contributed by atoms with Gasteiger partial charge in [-0.3, -0.25) is 4.90 Å². The van der Waals surface area contributed by atoms with Crippen LogP contribution < -0.4 is 5.32 Å². The highest BCUT2D eigenvalue weighted by atomic mass is 15.2. The summed E-state index contributed by atoms with van der Waals surface area (Å²) in [7, 11) is 0. The van der Waals surface area contributed by atoms with Gasteiger partial charge in [0.05, 0.1) is 0 Å². The molecule has 0 aromatic carbocycles. The van der Waals surface area contributed by atoms with Gasteiger partial charge in [-0.05, 0) is 58.7 Å². The highest BCUT2D eigenvalue weighted by Gasteiger charge is 2.34. The van der Waals surface area contributed by atoms with Crippen molar-refractivity contribution in [1.29, 1.82) is 0 Å². The molecular weight excluding hydrogens is 220 g/mol. The van der Waals surface area contributed by atoms with Gasteiger partial charge in [0.2, 0.25) is 0 Å². The van der Waals surface area contributed by atoms with Crippen molar-refractivity contribution in [3.05, 3.63) is 0 Å². The first-order valence-corrected chi connectivity index (χ1v) is 8.04.